The van der Waals surface area contributed by atoms with Crippen LogP contribution in [0.2, 0.25) is 0 Å². The summed E-state index contributed by atoms with van der Waals surface area (Å²) in [5.74, 6) is -33.5. The summed E-state index contributed by atoms with van der Waals surface area (Å²) >= 11 is 0. The quantitative estimate of drug-likeness (QED) is 0.168. The zero-order valence-corrected chi connectivity index (χ0v) is 21.3. The molecule has 0 bridgehead atoms. The SMILES string of the molecule is CC(C)(C)/C([O-])=C/C(=O)C(F)(F)C(F)(F)C(F)(F)F.CC(C)(C)/C([O-])=C/C(=O)C(F)(F)C(F)(F)C(F)(F)F.[Cu]. The number of halogens is 14. The molecule has 0 amide bonds. The van der Waals surface area contributed by atoms with Crippen molar-refractivity contribution >= 4 is 11.6 Å². The van der Waals surface area contributed by atoms with E-state index in [1.807, 2.05) is 0 Å². The molecule has 0 fully saturated rings. The van der Waals surface area contributed by atoms with Gasteiger partial charge in [0.2, 0.25) is 11.6 Å². The molecule has 39 heavy (non-hydrogen) atoms. The average molecular weight is 654 g/mol. The van der Waals surface area contributed by atoms with Crippen LogP contribution in [0.3, 0.4) is 0 Å². The summed E-state index contributed by atoms with van der Waals surface area (Å²) in [4.78, 5) is 21.6. The van der Waals surface area contributed by atoms with Crippen molar-refractivity contribution < 1.29 is 98.3 Å². The fourth-order valence-corrected chi connectivity index (χ4v) is 1.52. The predicted molar refractivity (Wildman–Crippen MR) is 97.0 cm³/mol. The van der Waals surface area contributed by atoms with Crippen LogP contribution in [-0.2, 0) is 26.7 Å². The van der Waals surface area contributed by atoms with Gasteiger partial charge in [-0.25, -0.2) is 0 Å². The van der Waals surface area contributed by atoms with E-state index < -0.39 is 82.1 Å². The third kappa shape index (κ3) is 9.53. The number of carbonyl (C=O) groups excluding carboxylic acids is 2. The topological polar surface area (TPSA) is 80.3 Å². The van der Waals surface area contributed by atoms with E-state index in [1.165, 1.54) is 41.5 Å². The van der Waals surface area contributed by atoms with Gasteiger partial charge in [0.1, 0.15) is 0 Å². The molecule has 19 heteroatoms. The van der Waals surface area contributed by atoms with Crippen molar-refractivity contribution in [3.63, 3.8) is 0 Å². The van der Waals surface area contributed by atoms with Gasteiger partial charge < -0.3 is 10.2 Å². The maximum atomic E-state index is 12.8. The summed E-state index contributed by atoms with van der Waals surface area (Å²) in [5.41, 5.74) is -2.72. The monoisotopic (exact) mass is 653 g/mol. The Kier molecular flexibility index (Phi) is 13.0. The Labute approximate surface area is 222 Å². The first-order valence-corrected chi connectivity index (χ1v) is 9.62. The molecule has 0 aliphatic rings. The average Bonchev–Trinajstić information content (AvgIpc) is 2.64. The number of hydrogen-bond donors (Lipinski definition) is 0. The molecule has 0 saturated heterocycles. The molecule has 0 atom stereocenters. The molecule has 0 N–H and O–H groups in total. The molecule has 0 aliphatic heterocycles. The molecule has 0 rings (SSSR count). The molecule has 0 unspecified atom stereocenters. The minimum Gasteiger partial charge on any atom is -0.875 e. The molecule has 0 aliphatic carbocycles. The van der Waals surface area contributed by atoms with Crippen LogP contribution in [0.4, 0.5) is 61.5 Å². The van der Waals surface area contributed by atoms with Crippen molar-refractivity contribution in [2.45, 2.75) is 77.6 Å². The first-order valence-electron chi connectivity index (χ1n) is 9.62. The van der Waals surface area contributed by atoms with Crippen LogP contribution in [0.15, 0.2) is 23.7 Å². The van der Waals surface area contributed by atoms with E-state index in [0.717, 1.165) is 0 Å². The third-order valence-corrected chi connectivity index (χ3v) is 4.12. The zero-order valence-electron chi connectivity index (χ0n) is 20.4. The molecule has 235 valence electrons. The van der Waals surface area contributed by atoms with Crippen molar-refractivity contribution in [1.82, 2.24) is 0 Å². The van der Waals surface area contributed by atoms with Gasteiger partial charge in [-0.05, 0) is 23.0 Å². The van der Waals surface area contributed by atoms with Gasteiger partial charge in [0.05, 0.1) is 0 Å². The molecule has 0 aromatic carbocycles. The van der Waals surface area contributed by atoms with Crippen LogP contribution in [0, 0.1) is 10.8 Å². The maximum absolute atomic E-state index is 12.8. The van der Waals surface area contributed by atoms with Crippen LogP contribution in [0.1, 0.15) is 41.5 Å². The van der Waals surface area contributed by atoms with Gasteiger partial charge in [-0.3, -0.25) is 9.59 Å². The van der Waals surface area contributed by atoms with Crippen molar-refractivity contribution in [3.8, 4) is 0 Å². The summed E-state index contributed by atoms with van der Waals surface area (Å²) in [5, 5.41) is 22.3. The zero-order chi connectivity index (χ0) is 31.7. The molecular formula is C20H20CuF14O4-2. The van der Waals surface area contributed by atoms with Crippen LogP contribution >= 0.6 is 0 Å². The molecule has 1 radical (unpaired) electrons. The van der Waals surface area contributed by atoms with Gasteiger partial charge in [-0.1, -0.05) is 41.5 Å². The van der Waals surface area contributed by atoms with E-state index >= 15 is 0 Å². The van der Waals surface area contributed by atoms with Crippen molar-refractivity contribution in [1.29, 1.82) is 0 Å². The van der Waals surface area contributed by atoms with Gasteiger partial charge >= 0.3 is 36.0 Å². The van der Waals surface area contributed by atoms with E-state index in [-0.39, 0.29) is 17.1 Å². The van der Waals surface area contributed by atoms with Crippen molar-refractivity contribution in [2.75, 3.05) is 0 Å². The molecule has 0 aromatic heterocycles. The summed E-state index contributed by atoms with van der Waals surface area (Å²) in [7, 11) is 0. The van der Waals surface area contributed by atoms with Gasteiger partial charge in [0.15, 0.2) is 0 Å². The number of allylic oxidation sites excluding steroid dienone is 4. The van der Waals surface area contributed by atoms with Gasteiger partial charge in [0.25, 0.3) is 0 Å². The standard InChI is InChI=1S/2C10H11F7O2.Cu/c2*1-7(2,3)5(18)4-6(19)8(11,12)9(13,14)10(15,16)17;/h2*4,18H,1-3H3;/p-2/b2*5-4-;. The number of ketones is 2. The van der Waals surface area contributed by atoms with Gasteiger partial charge in [0, 0.05) is 17.1 Å². The normalized spacial score (nSPS) is 15.2. The number of rotatable bonds is 6. The largest absolute Gasteiger partial charge is 0.875 e. The summed E-state index contributed by atoms with van der Waals surface area (Å²) in [6.45, 7) is 7.08. The Morgan fingerprint density at radius 3 is 0.795 bits per heavy atom. The van der Waals surface area contributed by atoms with Crippen LogP contribution in [0.25, 0.3) is 0 Å². The first kappa shape index (κ1) is 41.4. The van der Waals surface area contributed by atoms with E-state index in [0.29, 0.717) is 0 Å². The van der Waals surface area contributed by atoms with Gasteiger partial charge in [-0.2, -0.15) is 61.5 Å². The fraction of sp³-hybridized carbons (Fsp3) is 0.700. The molecule has 0 aromatic rings. The van der Waals surface area contributed by atoms with E-state index in [4.69, 9.17) is 0 Å². The van der Waals surface area contributed by atoms with Crippen molar-refractivity contribution in [2.24, 2.45) is 10.8 Å². The molecule has 0 saturated carbocycles. The Morgan fingerprint density at radius 1 is 0.487 bits per heavy atom. The van der Waals surface area contributed by atoms with Crippen LogP contribution in [0.5, 0.6) is 0 Å². The minimum absolute atomic E-state index is 0. The third-order valence-electron chi connectivity index (χ3n) is 4.12. The second kappa shape index (κ2) is 12.2. The Hall–Kier alpha value is -2.04. The van der Waals surface area contributed by atoms with E-state index in [9.17, 15) is 81.3 Å². The molecule has 4 nitrogen and oxygen atoms in total. The van der Waals surface area contributed by atoms with Crippen molar-refractivity contribution in [3.05, 3.63) is 23.7 Å². The Morgan fingerprint density at radius 2 is 0.667 bits per heavy atom. The van der Waals surface area contributed by atoms with E-state index in [1.54, 1.807) is 0 Å². The number of carbonyl (C=O) groups is 2. The fourth-order valence-electron chi connectivity index (χ4n) is 1.52. The second-order valence-corrected chi connectivity index (χ2v) is 9.54. The number of hydrogen-bond acceptors (Lipinski definition) is 4. The maximum Gasteiger partial charge on any atom is 0.460 e. The van der Waals surface area contributed by atoms with Crippen LogP contribution < -0.4 is 10.2 Å². The summed E-state index contributed by atoms with van der Waals surface area (Å²) < 4.78 is 172. The second-order valence-electron chi connectivity index (χ2n) is 9.54. The summed E-state index contributed by atoms with van der Waals surface area (Å²) in [6.07, 6.45) is -14.1. The smallest absolute Gasteiger partial charge is 0.460 e. The van der Waals surface area contributed by atoms with E-state index in [2.05, 4.69) is 0 Å². The molecule has 0 spiro atoms. The Balaban J connectivity index is -0.000000648. The van der Waals surface area contributed by atoms with Crippen LogP contribution in [-0.4, -0.2) is 47.6 Å². The van der Waals surface area contributed by atoms with Gasteiger partial charge in [-0.15, -0.1) is 11.5 Å². The molecule has 0 heterocycles. The summed E-state index contributed by atoms with van der Waals surface area (Å²) in [6, 6.07) is 0. The Bertz CT molecular complexity index is 858. The number of alkyl halides is 14. The molecular weight excluding hydrogens is 634 g/mol. The first-order chi connectivity index (χ1) is 16.1. The minimum atomic E-state index is -6.61. The predicted octanol–water partition coefficient (Wildman–Crippen LogP) is 5.35.